The summed E-state index contributed by atoms with van der Waals surface area (Å²) in [6.45, 7) is 0.763. The highest BCUT2D eigenvalue weighted by atomic mass is 19.1. The molecule has 5 nitrogen and oxygen atoms in total. The lowest BCUT2D eigenvalue weighted by Gasteiger charge is -2.33. The van der Waals surface area contributed by atoms with Crippen LogP contribution in [0.2, 0.25) is 0 Å². The largest absolute Gasteiger partial charge is 0.328 e. The molecular formula is C19H17FN2O3. The van der Waals surface area contributed by atoms with Crippen molar-refractivity contribution in [2.45, 2.75) is 6.54 Å². The lowest BCUT2D eigenvalue weighted by atomic mass is 10.1. The topological polar surface area (TPSA) is 57.7 Å². The van der Waals surface area contributed by atoms with Crippen molar-refractivity contribution in [3.8, 4) is 0 Å². The average Bonchev–Trinajstić information content (AvgIpc) is 2.64. The molecule has 0 spiro atoms. The van der Waals surface area contributed by atoms with Crippen LogP contribution < -0.4 is 0 Å². The van der Waals surface area contributed by atoms with Crippen molar-refractivity contribution in [3.63, 3.8) is 0 Å². The second-order valence-corrected chi connectivity index (χ2v) is 5.87. The van der Waals surface area contributed by atoms with E-state index in [0.29, 0.717) is 18.7 Å². The molecule has 2 amide bonds. The van der Waals surface area contributed by atoms with Crippen LogP contribution in [0.4, 0.5) is 4.39 Å². The highest BCUT2D eigenvalue weighted by molar-refractivity contribution is 6.35. The number of amides is 2. The van der Waals surface area contributed by atoms with Gasteiger partial charge in [-0.3, -0.25) is 14.4 Å². The van der Waals surface area contributed by atoms with E-state index in [1.165, 1.54) is 21.9 Å². The maximum Gasteiger partial charge on any atom is 0.312 e. The standard InChI is InChI=1S/C19H17FN2O3/c20-16-8-6-14(7-9-16)12-21-10-11-22(19(25)18(21)24)13-17(23)15-4-2-1-3-5-15/h1-9H,10-13H2. The van der Waals surface area contributed by atoms with Crippen LogP contribution in [-0.4, -0.2) is 47.0 Å². The fourth-order valence-corrected chi connectivity index (χ4v) is 2.72. The minimum Gasteiger partial charge on any atom is -0.328 e. The van der Waals surface area contributed by atoms with Crippen molar-refractivity contribution < 1.29 is 18.8 Å². The van der Waals surface area contributed by atoms with Crippen LogP contribution in [0.5, 0.6) is 0 Å². The third kappa shape index (κ3) is 3.91. The molecule has 1 heterocycles. The number of piperazine rings is 1. The van der Waals surface area contributed by atoms with Gasteiger partial charge < -0.3 is 9.80 Å². The van der Waals surface area contributed by atoms with Gasteiger partial charge in [-0.05, 0) is 17.7 Å². The average molecular weight is 340 g/mol. The first-order valence-corrected chi connectivity index (χ1v) is 7.95. The first-order valence-electron chi connectivity index (χ1n) is 7.95. The molecule has 1 fully saturated rings. The van der Waals surface area contributed by atoms with Crippen LogP contribution >= 0.6 is 0 Å². The van der Waals surface area contributed by atoms with Crippen LogP contribution in [0.15, 0.2) is 54.6 Å². The Balaban J connectivity index is 1.62. The van der Waals surface area contributed by atoms with Gasteiger partial charge in [0, 0.05) is 25.2 Å². The zero-order valence-electron chi connectivity index (χ0n) is 13.5. The van der Waals surface area contributed by atoms with Crippen molar-refractivity contribution in [1.82, 2.24) is 9.80 Å². The van der Waals surface area contributed by atoms with E-state index in [1.807, 2.05) is 0 Å². The second-order valence-electron chi connectivity index (χ2n) is 5.87. The Hall–Kier alpha value is -3.02. The lowest BCUT2D eigenvalue weighted by molar-refractivity contribution is -0.156. The highest BCUT2D eigenvalue weighted by Gasteiger charge is 2.33. The number of carbonyl (C=O) groups is 3. The number of benzene rings is 2. The summed E-state index contributed by atoms with van der Waals surface area (Å²) in [6, 6.07) is 14.5. The van der Waals surface area contributed by atoms with Gasteiger partial charge in [0.15, 0.2) is 5.78 Å². The van der Waals surface area contributed by atoms with Crippen molar-refractivity contribution in [3.05, 3.63) is 71.5 Å². The second kappa shape index (κ2) is 7.25. The number of ketones is 1. The van der Waals surface area contributed by atoms with Crippen LogP contribution in [-0.2, 0) is 16.1 Å². The molecule has 2 aromatic rings. The fourth-order valence-electron chi connectivity index (χ4n) is 2.72. The van der Waals surface area contributed by atoms with Crippen molar-refractivity contribution in [2.75, 3.05) is 19.6 Å². The number of carbonyl (C=O) groups excluding carboxylic acids is 3. The number of halogens is 1. The summed E-state index contributed by atoms with van der Waals surface area (Å²) < 4.78 is 12.9. The molecule has 1 aliphatic heterocycles. The van der Waals surface area contributed by atoms with Gasteiger partial charge in [-0.25, -0.2) is 4.39 Å². The number of rotatable bonds is 5. The van der Waals surface area contributed by atoms with Gasteiger partial charge in [0.05, 0.1) is 6.54 Å². The molecule has 3 rings (SSSR count). The summed E-state index contributed by atoms with van der Waals surface area (Å²) in [5.41, 5.74) is 1.26. The molecule has 2 aromatic carbocycles. The molecule has 0 aromatic heterocycles. The Morgan fingerprint density at radius 1 is 0.880 bits per heavy atom. The van der Waals surface area contributed by atoms with Gasteiger partial charge in [-0.1, -0.05) is 42.5 Å². The van der Waals surface area contributed by atoms with E-state index in [0.717, 1.165) is 5.56 Å². The third-order valence-electron chi connectivity index (χ3n) is 4.11. The summed E-state index contributed by atoms with van der Waals surface area (Å²) in [5.74, 6) is -1.88. The van der Waals surface area contributed by atoms with Crippen LogP contribution in [0.3, 0.4) is 0 Å². The molecule has 0 bridgehead atoms. The Morgan fingerprint density at radius 2 is 1.48 bits per heavy atom. The predicted molar refractivity (Wildman–Crippen MR) is 89.2 cm³/mol. The molecule has 25 heavy (non-hydrogen) atoms. The van der Waals surface area contributed by atoms with Crippen molar-refractivity contribution >= 4 is 17.6 Å². The first kappa shape index (κ1) is 16.8. The zero-order valence-corrected chi connectivity index (χ0v) is 13.5. The Kier molecular flexibility index (Phi) is 4.88. The normalized spacial score (nSPS) is 14.8. The Morgan fingerprint density at radius 3 is 2.16 bits per heavy atom. The highest BCUT2D eigenvalue weighted by Crippen LogP contribution is 2.12. The summed E-state index contributed by atoms with van der Waals surface area (Å²) in [5, 5.41) is 0. The summed E-state index contributed by atoms with van der Waals surface area (Å²) in [4.78, 5) is 39.5. The molecule has 128 valence electrons. The Labute approximate surface area is 144 Å². The van der Waals surface area contributed by atoms with Gasteiger partial charge in [-0.15, -0.1) is 0 Å². The van der Waals surface area contributed by atoms with Gasteiger partial charge in [0.1, 0.15) is 5.82 Å². The van der Waals surface area contributed by atoms with Gasteiger partial charge in [0.2, 0.25) is 0 Å². The minimum absolute atomic E-state index is 0.112. The first-order chi connectivity index (χ1) is 12.0. The maximum atomic E-state index is 12.9. The monoisotopic (exact) mass is 340 g/mol. The third-order valence-corrected chi connectivity index (χ3v) is 4.11. The van der Waals surface area contributed by atoms with E-state index in [4.69, 9.17) is 0 Å². The molecule has 6 heteroatoms. The molecule has 0 saturated carbocycles. The van der Waals surface area contributed by atoms with E-state index in [1.54, 1.807) is 42.5 Å². The number of hydrogen-bond donors (Lipinski definition) is 0. The van der Waals surface area contributed by atoms with E-state index >= 15 is 0 Å². The van der Waals surface area contributed by atoms with E-state index in [2.05, 4.69) is 0 Å². The number of hydrogen-bond acceptors (Lipinski definition) is 3. The molecule has 0 atom stereocenters. The maximum absolute atomic E-state index is 12.9. The summed E-state index contributed by atoms with van der Waals surface area (Å²) >= 11 is 0. The summed E-state index contributed by atoms with van der Waals surface area (Å²) in [6.07, 6.45) is 0. The van der Waals surface area contributed by atoms with Crippen LogP contribution in [0.25, 0.3) is 0 Å². The van der Waals surface area contributed by atoms with Crippen LogP contribution in [0.1, 0.15) is 15.9 Å². The zero-order chi connectivity index (χ0) is 17.8. The van der Waals surface area contributed by atoms with Gasteiger partial charge in [0.25, 0.3) is 0 Å². The fraction of sp³-hybridized carbons (Fsp3) is 0.211. The predicted octanol–water partition coefficient (Wildman–Crippen LogP) is 1.88. The number of nitrogens with zero attached hydrogens (tertiary/aromatic N) is 2. The van der Waals surface area contributed by atoms with Crippen molar-refractivity contribution in [2.24, 2.45) is 0 Å². The lowest BCUT2D eigenvalue weighted by Crippen LogP contribution is -2.55. The van der Waals surface area contributed by atoms with Crippen molar-refractivity contribution in [1.29, 1.82) is 0 Å². The van der Waals surface area contributed by atoms with Gasteiger partial charge >= 0.3 is 11.8 Å². The van der Waals surface area contributed by atoms with E-state index in [9.17, 15) is 18.8 Å². The number of Topliss-reactive ketones (excluding diaryl/α,β-unsaturated/α-hetero) is 1. The van der Waals surface area contributed by atoms with Gasteiger partial charge in [-0.2, -0.15) is 0 Å². The molecule has 0 unspecified atom stereocenters. The Bertz CT molecular complexity index is 790. The quantitative estimate of drug-likeness (QED) is 0.617. The smallest absolute Gasteiger partial charge is 0.312 e. The minimum atomic E-state index is -0.683. The molecule has 1 aliphatic rings. The SMILES string of the molecule is O=C(CN1CCN(Cc2ccc(F)cc2)C(=O)C1=O)c1ccccc1. The molecule has 0 N–H and O–H groups in total. The molecule has 0 aliphatic carbocycles. The molecule has 0 radical (unpaired) electrons. The van der Waals surface area contributed by atoms with E-state index in [-0.39, 0.29) is 24.7 Å². The molecular weight excluding hydrogens is 323 g/mol. The van der Waals surface area contributed by atoms with Crippen LogP contribution in [0, 0.1) is 5.82 Å². The summed E-state index contributed by atoms with van der Waals surface area (Å²) in [7, 11) is 0. The van der Waals surface area contributed by atoms with E-state index < -0.39 is 11.8 Å². The molecule has 1 saturated heterocycles.